The average Bonchev–Trinajstić information content (AvgIpc) is 2.07. The number of halogens is 1. The van der Waals surface area contributed by atoms with Crippen LogP contribution in [0.3, 0.4) is 0 Å². The summed E-state index contributed by atoms with van der Waals surface area (Å²) in [5.74, 6) is -4.92. The predicted molar refractivity (Wildman–Crippen MR) is 41.1 cm³/mol. The zero-order valence-electron chi connectivity index (χ0n) is 6.28. The normalized spacial score (nSPS) is 9.92. The minimum atomic E-state index is -1.50. The fourth-order valence-corrected chi connectivity index (χ4v) is 0.818. The molecule has 6 heteroatoms. The van der Waals surface area contributed by atoms with Crippen LogP contribution < -0.4 is 5.73 Å². The van der Waals surface area contributed by atoms with Gasteiger partial charge in [0.25, 0.3) is 0 Å². The van der Waals surface area contributed by atoms with Gasteiger partial charge in [0.1, 0.15) is 5.56 Å². The van der Waals surface area contributed by atoms with E-state index in [-0.39, 0.29) is 0 Å². The van der Waals surface area contributed by atoms with Gasteiger partial charge in [-0.1, -0.05) is 0 Å². The van der Waals surface area contributed by atoms with Crippen molar-refractivity contribution in [2.75, 3.05) is 5.73 Å². The van der Waals surface area contributed by atoms with E-state index in [1.807, 2.05) is 0 Å². The second-order valence-corrected chi connectivity index (χ2v) is 2.33. The highest BCUT2D eigenvalue weighted by molar-refractivity contribution is 5.93. The van der Waals surface area contributed by atoms with Crippen LogP contribution in [0.1, 0.15) is 10.4 Å². The quantitative estimate of drug-likeness (QED) is 0.291. The van der Waals surface area contributed by atoms with Gasteiger partial charge < -0.3 is 21.1 Å². The van der Waals surface area contributed by atoms with Crippen molar-refractivity contribution in [3.05, 3.63) is 17.4 Å². The van der Waals surface area contributed by atoms with Crippen molar-refractivity contribution in [1.82, 2.24) is 0 Å². The van der Waals surface area contributed by atoms with Crippen LogP contribution in [0.2, 0.25) is 0 Å². The van der Waals surface area contributed by atoms with E-state index in [1.54, 1.807) is 0 Å². The van der Waals surface area contributed by atoms with Gasteiger partial charge in [-0.15, -0.1) is 0 Å². The number of phenols is 2. The van der Waals surface area contributed by atoms with Gasteiger partial charge >= 0.3 is 5.97 Å². The molecule has 5 nitrogen and oxygen atoms in total. The molecule has 0 aliphatic rings. The summed E-state index contributed by atoms with van der Waals surface area (Å²) in [5.41, 5.74) is 3.84. The molecule has 0 atom stereocenters. The topological polar surface area (TPSA) is 104 Å². The SMILES string of the molecule is Nc1cc(C(=O)O)c(O)c(O)c1F. The number of aromatic hydroxyl groups is 2. The van der Waals surface area contributed by atoms with Crippen molar-refractivity contribution in [2.45, 2.75) is 0 Å². The van der Waals surface area contributed by atoms with Crippen LogP contribution in [-0.2, 0) is 0 Å². The summed E-state index contributed by atoms with van der Waals surface area (Å²) in [5, 5.41) is 26.3. The van der Waals surface area contributed by atoms with Crippen molar-refractivity contribution < 1.29 is 24.5 Å². The summed E-state index contributed by atoms with van der Waals surface area (Å²) in [6.45, 7) is 0. The van der Waals surface area contributed by atoms with Crippen molar-refractivity contribution in [1.29, 1.82) is 0 Å². The van der Waals surface area contributed by atoms with Gasteiger partial charge in [-0.25, -0.2) is 9.18 Å². The molecule has 1 aromatic rings. The molecule has 0 saturated heterocycles. The first-order chi connectivity index (χ1) is 5.95. The van der Waals surface area contributed by atoms with E-state index in [0.29, 0.717) is 0 Å². The molecule has 0 fully saturated rings. The van der Waals surface area contributed by atoms with Crippen molar-refractivity contribution >= 4 is 11.7 Å². The molecule has 70 valence electrons. The van der Waals surface area contributed by atoms with E-state index in [2.05, 4.69) is 0 Å². The van der Waals surface area contributed by atoms with Crippen LogP contribution in [0.15, 0.2) is 6.07 Å². The van der Waals surface area contributed by atoms with Crippen molar-refractivity contribution in [3.8, 4) is 11.5 Å². The molecule has 0 amide bonds. The van der Waals surface area contributed by atoms with Crippen LogP contribution in [-0.4, -0.2) is 21.3 Å². The van der Waals surface area contributed by atoms with Crippen LogP contribution in [0.5, 0.6) is 11.5 Å². The van der Waals surface area contributed by atoms with Crippen LogP contribution >= 0.6 is 0 Å². The van der Waals surface area contributed by atoms with Crippen molar-refractivity contribution in [3.63, 3.8) is 0 Å². The zero-order chi connectivity index (χ0) is 10.2. The highest BCUT2D eigenvalue weighted by atomic mass is 19.1. The highest BCUT2D eigenvalue weighted by Crippen LogP contribution is 2.35. The Morgan fingerprint density at radius 1 is 1.38 bits per heavy atom. The molecule has 1 aromatic carbocycles. The number of aromatic carboxylic acids is 1. The Morgan fingerprint density at radius 3 is 2.38 bits per heavy atom. The van der Waals surface area contributed by atoms with Gasteiger partial charge in [0.2, 0.25) is 0 Å². The zero-order valence-corrected chi connectivity index (χ0v) is 6.28. The second kappa shape index (κ2) is 2.81. The fraction of sp³-hybridized carbons (Fsp3) is 0. The fourth-order valence-electron chi connectivity index (χ4n) is 0.818. The third-order valence-electron chi connectivity index (χ3n) is 1.47. The number of carbonyl (C=O) groups is 1. The number of nitrogens with two attached hydrogens (primary N) is 1. The summed E-state index contributed by atoms with van der Waals surface area (Å²) in [4.78, 5) is 10.4. The maximum absolute atomic E-state index is 12.7. The van der Waals surface area contributed by atoms with Gasteiger partial charge in [-0.2, -0.15) is 0 Å². The van der Waals surface area contributed by atoms with Gasteiger partial charge in [-0.3, -0.25) is 0 Å². The van der Waals surface area contributed by atoms with E-state index in [4.69, 9.17) is 21.1 Å². The Labute approximate surface area is 71.8 Å². The molecular formula is C7H6FNO4. The Kier molecular flexibility index (Phi) is 1.97. The minimum Gasteiger partial charge on any atom is -0.504 e. The van der Waals surface area contributed by atoms with Crippen LogP contribution in [0.4, 0.5) is 10.1 Å². The summed E-state index contributed by atoms with van der Waals surface area (Å²) in [6.07, 6.45) is 0. The molecule has 0 spiro atoms. The highest BCUT2D eigenvalue weighted by Gasteiger charge is 2.19. The number of hydrogen-bond acceptors (Lipinski definition) is 4. The third kappa shape index (κ3) is 1.33. The van der Waals surface area contributed by atoms with E-state index < -0.39 is 34.5 Å². The van der Waals surface area contributed by atoms with Gasteiger partial charge in [0, 0.05) is 0 Å². The molecule has 0 aromatic heterocycles. The molecule has 13 heavy (non-hydrogen) atoms. The Balaban J connectivity index is 3.50. The standard InChI is InChI=1S/C7H6FNO4/c8-4-3(9)1-2(7(12)13)5(10)6(4)11/h1,10-11H,9H2,(H,12,13). The number of benzene rings is 1. The summed E-state index contributed by atoms with van der Waals surface area (Å²) in [6, 6.07) is 0.729. The van der Waals surface area contributed by atoms with Gasteiger partial charge in [0.05, 0.1) is 5.69 Å². The Bertz CT molecular complexity index is 377. The second-order valence-electron chi connectivity index (χ2n) is 2.33. The lowest BCUT2D eigenvalue weighted by molar-refractivity contribution is 0.0693. The average molecular weight is 187 g/mol. The Hall–Kier alpha value is -1.98. The monoisotopic (exact) mass is 187 g/mol. The largest absolute Gasteiger partial charge is 0.504 e. The van der Waals surface area contributed by atoms with Gasteiger partial charge in [0.15, 0.2) is 17.3 Å². The molecule has 0 bridgehead atoms. The summed E-state index contributed by atoms with van der Waals surface area (Å²) in [7, 11) is 0. The number of hydrogen-bond donors (Lipinski definition) is 4. The van der Waals surface area contributed by atoms with E-state index in [9.17, 15) is 9.18 Å². The smallest absolute Gasteiger partial charge is 0.339 e. The first-order valence-electron chi connectivity index (χ1n) is 3.18. The van der Waals surface area contributed by atoms with Crippen molar-refractivity contribution in [2.24, 2.45) is 0 Å². The molecule has 5 N–H and O–H groups in total. The van der Waals surface area contributed by atoms with Gasteiger partial charge in [-0.05, 0) is 6.07 Å². The maximum Gasteiger partial charge on any atom is 0.339 e. The number of rotatable bonds is 1. The lowest BCUT2D eigenvalue weighted by Crippen LogP contribution is -2.01. The lowest BCUT2D eigenvalue weighted by Gasteiger charge is -2.05. The van der Waals surface area contributed by atoms with E-state index in [0.717, 1.165) is 6.07 Å². The van der Waals surface area contributed by atoms with E-state index >= 15 is 0 Å². The Morgan fingerprint density at radius 2 is 1.92 bits per heavy atom. The molecule has 0 heterocycles. The predicted octanol–water partition coefficient (Wildman–Crippen LogP) is 0.517. The number of nitrogen functional groups attached to an aromatic ring is 1. The minimum absolute atomic E-state index is 0.535. The molecule has 0 saturated carbocycles. The summed E-state index contributed by atoms with van der Waals surface area (Å²) >= 11 is 0. The maximum atomic E-state index is 12.7. The van der Waals surface area contributed by atoms with Crippen LogP contribution in [0, 0.1) is 5.82 Å². The van der Waals surface area contributed by atoms with Crippen LogP contribution in [0.25, 0.3) is 0 Å². The summed E-state index contributed by atoms with van der Waals surface area (Å²) < 4.78 is 12.7. The third-order valence-corrected chi connectivity index (χ3v) is 1.47. The molecule has 1 rings (SSSR count). The number of anilines is 1. The number of phenolic OH excluding ortho intramolecular Hbond substituents is 1. The lowest BCUT2D eigenvalue weighted by atomic mass is 10.1. The molecule has 0 aliphatic heterocycles. The van der Waals surface area contributed by atoms with E-state index in [1.165, 1.54) is 0 Å². The first kappa shape index (κ1) is 9.11. The molecule has 0 radical (unpaired) electrons. The molecule has 0 unspecified atom stereocenters. The first-order valence-corrected chi connectivity index (χ1v) is 3.18. The molecular weight excluding hydrogens is 181 g/mol. The molecule has 0 aliphatic carbocycles. The number of carboxylic acids is 1. The number of carboxylic acid groups (broad SMARTS) is 1.